The van der Waals surface area contributed by atoms with E-state index in [0.29, 0.717) is 26.1 Å². The van der Waals surface area contributed by atoms with Crippen molar-refractivity contribution >= 4 is 11.9 Å². The molecule has 0 saturated carbocycles. The quantitative estimate of drug-likeness (QED) is 0.0349. The Morgan fingerprint density at radius 3 is 1.25 bits per heavy atom. The van der Waals surface area contributed by atoms with Gasteiger partial charge in [0.2, 0.25) is 0 Å². The molecule has 0 radical (unpaired) electrons. The SMILES string of the molecule is CCC/C=C\C/C=C\CCCCCCCC(=O)OCC(COCCCCCCCCCCCCCCCC)OC(=O)CCCCCCCCCCCCCCC. The first-order valence-corrected chi connectivity index (χ1v) is 24.9. The van der Waals surface area contributed by atoms with Crippen LogP contribution in [0.1, 0.15) is 265 Å². The molecular weight excluding hydrogens is 693 g/mol. The van der Waals surface area contributed by atoms with E-state index in [-0.39, 0.29) is 18.5 Å². The van der Waals surface area contributed by atoms with E-state index in [4.69, 9.17) is 14.2 Å². The highest BCUT2D eigenvalue weighted by atomic mass is 16.6. The van der Waals surface area contributed by atoms with Crippen molar-refractivity contribution < 1.29 is 23.8 Å². The molecule has 0 aliphatic rings. The van der Waals surface area contributed by atoms with Crippen LogP contribution in [0.5, 0.6) is 0 Å². The van der Waals surface area contributed by atoms with E-state index in [1.807, 2.05) is 0 Å². The van der Waals surface area contributed by atoms with Crippen molar-refractivity contribution in [2.75, 3.05) is 19.8 Å². The van der Waals surface area contributed by atoms with Crippen molar-refractivity contribution in [2.24, 2.45) is 0 Å². The van der Waals surface area contributed by atoms with Crippen molar-refractivity contribution in [3.8, 4) is 0 Å². The van der Waals surface area contributed by atoms with Crippen LogP contribution in [-0.4, -0.2) is 37.9 Å². The first-order chi connectivity index (χ1) is 27.6. The van der Waals surface area contributed by atoms with Crippen LogP contribution in [0.4, 0.5) is 0 Å². The number of unbranched alkanes of at least 4 members (excludes halogenated alkanes) is 31. The lowest BCUT2D eigenvalue weighted by atomic mass is 10.0. The molecule has 0 aromatic heterocycles. The van der Waals surface area contributed by atoms with Crippen molar-refractivity contribution in [1.29, 1.82) is 0 Å². The molecule has 0 saturated heterocycles. The summed E-state index contributed by atoms with van der Waals surface area (Å²) in [5.74, 6) is -0.398. The van der Waals surface area contributed by atoms with E-state index < -0.39 is 6.10 Å². The average Bonchev–Trinajstić information content (AvgIpc) is 3.20. The van der Waals surface area contributed by atoms with Crippen LogP contribution in [0.2, 0.25) is 0 Å². The van der Waals surface area contributed by atoms with Crippen LogP contribution < -0.4 is 0 Å². The van der Waals surface area contributed by atoms with Gasteiger partial charge < -0.3 is 14.2 Å². The van der Waals surface area contributed by atoms with Crippen LogP contribution in [-0.2, 0) is 23.8 Å². The number of rotatable bonds is 46. The van der Waals surface area contributed by atoms with E-state index >= 15 is 0 Å². The highest BCUT2D eigenvalue weighted by Crippen LogP contribution is 2.15. The second-order valence-corrected chi connectivity index (χ2v) is 16.7. The zero-order valence-corrected chi connectivity index (χ0v) is 37.9. The van der Waals surface area contributed by atoms with Crippen LogP contribution in [0.3, 0.4) is 0 Å². The molecule has 1 atom stereocenters. The largest absolute Gasteiger partial charge is 0.462 e. The van der Waals surface area contributed by atoms with Gasteiger partial charge in [0, 0.05) is 19.4 Å². The van der Waals surface area contributed by atoms with Gasteiger partial charge in [-0.05, 0) is 44.9 Å². The van der Waals surface area contributed by atoms with Gasteiger partial charge in [-0.2, -0.15) is 0 Å². The molecule has 0 rings (SSSR count). The van der Waals surface area contributed by atoms with Crippen LogP contribution in [0, 0.1) is 0 Å². The Morgan fingerprint density at radius 1 is 0.393 bits per heavy atom. The lowest BCUT2D eigenvalue weighted by Gasteiger charge is -2.18. The molecule has 0 aliphatic carbocycles. The van der Waals surface area contributed by atoms with Gasteiger partial charge in [-0.15, -0.1) is 0 Å². The fourth-order valence-corrected chi connectivity index (χ4v) is 7.25. The summed E-state index contributed by atoms with van der Waals surface area (Å²) in [4.78, 5) is 25.3. The van der Waals surface area contributed by atoms with E-state index in [9.17, 15) is 9.59 Å². The highest BCUT2D eigenvalue weighted by Gasteiger charge is 2.17. The second kappa shape index (κ2) is 47.8. The minimum Gasteiger partial charge on any atom is -0.462 e. The number of esters is 2. The number of allylic oxidation sites excluding steroid dienone is 4. The summed E-state index contributed by atoms with van der Waals surface area (Å²) < 4.78 is 17.4. The standard InChI is InChI=1S/C51H96O5/c1-4-7-10-13-16-19-22-25-28-31-34-37-40-43-46-54-47-49(56-51(53)45-42-39-36-33-30-27-24-21-18-15-12-9-6-3)48-55-50(52)44-41-38-35-32-29-26-23-20-17-14-11-8-5-2/h11,14,20,23,49H,4-10,12-13,15-19,21-22,24-48H2,1-3H3/b14-11-,23-20-. The maximum absolute atomic E-state index is 12.8. The van der Waals surface area contributed by atoms with E-state index in [2.05, 4.69) is 45.1 Å². The normalized spacial score (nSPS) is 12.3. The summed E-state index contributed by atoms with van der Waals surface area (Å²) in [7, 11) is 0. The Morgan fingerprint density at radius 2 is 0.786 bits per heavy atom. The van der Waals surface area contributed by atoms with Gasteiger partial charge in [-0.1, -0.05) is 231 Å². The summed E-state index contributed by atoms with van der Waals surface area (Å²) in [6.07, 6.45) is 54.6. The predicted molar refractivity (Wildman–Crippen MR) is 242 cm³/mol. The third kappa shape index (κ3) is 45.1. The van der Waals surface area contributed by atoms with Gasteiger partial charge in [0.05, 0.1) is 6.61 Å². The summed E-state index contributed by atoms with van der Waals surface area (Å²) >= 11 is 0. The van der Waals surface area contributed by atoms with Crippen molar-refractivity contribution in [2.45, 2.75) is 271 Å². The Kier molecular flexibility index (Phi) is 46.4. The third-order valence-corrected chi connectivity index (χ3v) is 11.0. The zero-order valence-electron chi connectivity index (χ0n) is 37.9. The maximum atomic E-state index is 12.8. The van der Waals surface area contributed by atoms with E-state index in [1.165, 1.54) is 180 Å². The molecular formula is C51H96O5. The molecule has 0 N–H and O–H groups in total. The van der Waals surface area contributed by atoms with E-state index in [1.54, 1.807) is 0 Å². The molecule has 56 heavy (non-hydrogen) atoms. The Labute approximate surface area is 349 Å². The molecule has 0 spiro atoms. The monoisotopic (exact) mass is 789 g/mol. The minimum absolute atomic E-state index is 0.0852. The molecule has 330 valence electrons. The summed E-state index contributed by atoms with van der Waals surface area (Å²) in [5.41, 5.74) is 0. The highest BCUT2D eigenvalue weighted by molar-refractivity contribution is 5.70. The Balaban J connectivity index is 4.23. The summed E-state index contributed by atoms with van der Waals surface area (Å²) in [5, 5.41) is 0. The Bertz CT molecular complexity index is 851. The Hall–Kier alpha value is -1.62. The van der Waals surface area contributed by atoms with Crippen LogP contribution >= 0.6 is 0 Å². The van der Waals surface area contributed by atoms with Gasteiger partial charge in [-0.3, -0.25) is 9.59 Å². The van der Waals surface area contributed by atoms with Crippen molar-refractivity contribution in [3.63, 3.8) is 0 Å². The molecule has 5 heteroatoms. The second-order valence-electron chi connectivity index (χ2n) is 16.7. The lowest BCUT2D eigenvalue weighted by molar-refractivity contribution is -0.163. The molecule has 0 aromatic carbocycles. The first-order valence-electron chi connectivity index (χ1n) is 24.9. The van der Waals surface area contributed by atoms with Crippen molar-refractivity contribution in [3.05, 3.63) is 24.3 Å². The fraction of sp³-hybridized carbons (Fsp3) is 0.882. The van der Waals surface area contributed by atoms with Gasteiger partial charge in [0.25, 0.3) is 0 Å². The van der Waals surface area contributed by atoms with Crippen molar-refractivity contribution in [1.82, 2.24) is 0 Å². The number of ether oxygens (including phenoxy) is 3. The fourth-order valence-electron chi connectivity index (χ4n) is 7.25. The number of hydrogen-bond acceptors (Lipinski definition) is 5. The molecule has 5 nitrogen and oxygen atoms in total. The van der Waals surface area contributed by atoms with Gasteiger partial charge in [0.1, 0.15) is 6.61 Å². The molecule has 0 aliphatic heterocycles. The predicted octanol–water partition coefficient (Wildman–Crippen LogP) is 16.5. The van der Waals surface area contributed by atoms with Crippen LogP contribution in [0.15, 0.2) is 24.3 Å². The summed E-state index contributed by atoms with van der Waals surface area (Å²) in [6.45, 7) is 7.80. The molecule has 0 bridgehead atoms. The molecule has 1 unspecified atom stereocenters. The van der Waals surface area contributed by atoms with Gasteiger partial charge in [-0.25, -0.2) is 0 Å². The third-order valence-electron chi connectivity index (χ3n) is 11.0. The van der Waals surface area contributed by atoms with Gasteiger partial charge in [0.15, 0.2) is 6.10 Å². The summed E-state index contributed by atoms with van der Waals surface area (Å²) in [6, 6.07) is 0. The molecule has 0 heterocycles. The maximum Gasteiger partial charge on any atom is 0.306 e. The number of hydrogen-bond donors (Lipinski definition) is 0. The molecule has 0 fully saturated rings. The van der Waals surface area contributed by atoms with Crippen LogP contribution in [0.25, 0.3) is 0 Å². The first kappa shape index (κ1) is 54.4. The lowest BCUT2D eigenvalue weighted by Crippen LogP contribution is -2.30. The van der Waals surface area contributed by atoms with Gasteiger partial charge >= 0.3 is 11.9 Å². The zero-order chi connectivity index (χ0) is 40.7. The average molecular weight is 789 g/mol. The minimum atomic E-state index is -0.532. The van der Waals surface area contributed by atoms with E-state index in [0.717, 1.165) is 51.4 Å². The number of carbonyl (C=O) groups excluding carboxylic acids is 2. The molecule has 0 amide bonds. The number of carbonyl (C=O) groups is 2. The topological polar surface area (TPSA) is 61.8 Å². The smallest absolute Gasteiger partial charge is 0.306 e. The molecule has 0 aromatic rings.